The van der Waals surface area contributed by atoms with Gasteiger partial charge in [0.15, 0.2) is 0 Å². The van der Waals surface area contributed by atoms with Crippen molar-refractivity contribution >= 4 is 5.82 Å². The highest BCUT2D eigenvalue weighted by atomic mass is 15.4. The van der Waals surface area contributed by atoms with Crippen LogP contribution in [-0.4, -0.2) is 65.9 Å². The second-order valence-corrected chi connectivity index (χ2v) is 9.60. The quantitative estimate of drug-likeness (QED) is 0.429. The molecule has 0 bridgehead atoms. The maximum absolute atomic E-state index is 5.18. The van der Waals surface area contributed by atoms with Gasteiger partial charge in [-0.1, -0.05) is 56.3 Å². The summed E-state index contributed by atoms with van der Waals surface area (Å²) in [4.78, 5) is 7.59. The van der Waals surface area contributed by atoms with E-state index < -0.39 is 0 Å². The SMILES string of the molecule is CCc1nn(-c2cccc(C)c2)c(N2CCN(C)CC2)c1CN(CC)CCCc1ccccc1. The van der Waals surface area contributed by atoms with Gasteiger partial charge in [0, 0.05) is 38.3 Å². The molecule has 1 aliphatic rings. The molecular formula is C29H41N5. The minimum Gasteiger partial charge on any atom is -0.354 e. The first-order chi connectivity index (χ1) is 16.6. The van der Waals surface area contributed by atoms with Crippen molar-refractivity contribution in [2.45, 2.75) is 46.6 Å². The Balaban J connectivity index is 1.61. The van der Waals surface area contributed by atoms with Crippen molar-refractivity contribution in [2.75, 3.05) is 51.2 Å². The zero-order chi connectivity index (χ0) is 23.9. The minimum absolute atomic E-state index is 0.955. The van der Waals surface area contributed by atoms with Crippen LogP contribution in [0.2, 0.25) is 0 Å². The van der Waals surface area contributed by atoms with Crippen LogP contribution in [0.3, 0.4) is 0 Å². The number of rotatable bonds is 10. The predicted octanol–water partition coefficient (Wildman–Crippen LogP) is 4.95. The van der Waals surface area contributed by atoms with Crippen molar-refractivity contribution in [1.82, 2.24) is 19.6 Å². The second-order valence-electron chi connectivity index (χ2n) is 9.60. The van der Waals surface area contributed by atoms with Gasteiger partial charge in [0.25, 0.3) is 0 Å². The Morgan fingerprint density at radius 2 is 1.71 bits per heavy atom. The maximum Gasteiger partial charge on any atom is 0.137 e. The fraction of sp³-hybridized carbons (Fsp3) is 0.483. The Labute approximate surface area is 206 Å². The summed E-state index contributed by atoms with van der Waals surface area (Å²) in [6.07, 6.45) is 3.26. The van der Waals surface area contributed by atoms with Crippen molar-refractivity contribution in [3.8, 4) is 5.69 Å². The number of hydrogen-bond acceptors (Lipinski definition) is 4. The number of anilines is 1. The maximum atomic E-state index is 5.18. The molecular weight excluding hydrogens is 418 g/mol. The van der Waals surface area contributed by atoms with Gasteiger partial charge in [0.2, 0.25) is 0 Å². The van der Waals surface area contributed by atoms with Crippen LogP contribution in [0.15, 0.2) is 54.6 Å². The monoisotopic (exact) mass is 459 g/mol. The van der Waals surface area contributed by atoms with Crippen LogP contribution in [0.1, 0.15) is 42.7 Å². The van der Waals surface area contributed by atoms with Crippen LogP contribution in [0.4, 0.5) is 5.82 Å². The summed E-state index contributed by atoms with van der Waals surface area (Å²) in [5.41, 5.74) is 6.51. The van der Waals surface area contributed by atoms with Gasteiger partial charge in [-0.05, 0) is 69.6 Å². The topological polar surface area (TPSA) is 27.5 Å². The first-order valence-electron chi connectivity index (χ1n) is 13.0. The van der Waals surface area contributed by atoms with E-state index in [-0.39, 0.29) is 0 Å². The van der Waals surface area contributed by atoms with E-state index in [4.69, 9.17) is 5.10 Å². The second kappa shape index (κ2) is 11.7. The molecule has 2 heterocycles. The lowest BCUT2D eigenvalue weighted by Gasteiger charge is -2.35. The normalized spacial score (nSPS) is 14.8. The Bertz CT molecular complexity index is 1030. The summed E-state index contributed by atoms with van der Waals surface area (Å²) in [7, 11) is 2.22. The highest BCUT2D eigenvalue weighted by Gasteiger charge is 2.26. The highest BCUT2D eigenvalue weighted by Crippen LogP contribution is 2.30. The third-order valence-corrected chi connectivity index (χ3v) is 7.04. The zero-order valence-electron chi connectivity index (χ0n) is 21.5. The molecule has 34 heavy (non-hydrogen) atoms. The van der Waals surface area contributed by atoms with Crippen LogP contribution >= 0.6 is 0 Å². The van der Waals surface area contributed by atoms with Gasteiger partial charge in [0.1, 0.15) is 5.82 Å². The first-order valence-corrected chi connectivity index (χ1v) is 13.0. The molecule has 3 aromatic rings. The molecule has 0 N–H and O–H groups in total. The molecule has 0 atom stereocenters. The van der Waals surface area contributed by atoms with E-state index in [0.717, 1.165) is 58.7 Å². The number of benzene rings is 2. The molecule has 1 aromatic heterocycles. The number of aromatic nitrogens is 2. The van der Waals surface area contributed by atoms with Crippen LogP contribution in [0, 0.1) is 6.92 Å². The molecule has 1 saturated heterocycles. The molecule has 0 aliphatic carbocycles. The number of aryl methyl sites for hydroxylation is 3. The third-order valence-electron chi connectivity index (χ3n) is 7.04. The van der Waals surface area contributed by atoms with Crippen molar-refractivity contribution in [2.24, 2.45) is 0 Å². The van der Waals surface area contributed by atoms with E-state index in [0.29, 0.717) is 0 Å². The van der Waals surface area contributed by atoms with Crippen LogP contribution in [0.25, 0.3) is 5.69 Å². The molecule has 182 valence electrons. The molecule has 0 radical (unpaired) electrons. The minimum atomic E-state index is 0.955. The molecule has 0 amide bonds. The highest BCUT2D eigenvalue weighted by molar-refractivity contribution is 5.56. The van der Waals surface area contributed by atoms with Crippen LogP contribution in [-0.2, 0) is 19.4 Å². The van der Waals surface area contributed by atoms with E-state index in [9.17, 15) is 0 Å². The molecule has 4 rings (SSSR count). The van der Waals surface area contributed by atoms with E-state index in [1.807, 2.05) is 0 Å². The molecule has 0 spiro atoms. The van der Waals surface area contributed by atoms with Crippen molar-refractivity contribution in [3.63, 3.8) is 0 Å². The third kappa shape index (κ3) is 5.89. The Kier molecular flexibility index (Phi) is 8.41. The molecule has 5 heteroatoms. The summed E-state index contributed by atoms with van der Waals surface area (Å²) in [5, 5.41) is 5.18. The summed E-state index contributed by atoms with van der Waals surface area (Å²) >= 11 is 0. The summed E-state index contributed by atoms with van der Waals surface area (Å²) in [6.45, 7) is 14.1. The predicted molar refractivity (Wildman–Crippen MR) is 143 cm³/mol. The summed E-state index contributed by atoms with van der Waals surface area (Å²) in [6, 6.07) is 19.6. The smallest absolute Gasteiger partial charge is 0.137 e. The number of piperazine rings is 1. The van der Waals surface area contributed by atoms with Crippen molar-refractivity contribution < 1.29 is 0 Å². The molecule has 5 nitrogen and oxygen atoms in total. The number of likely N-dealkylation sites (N-methyl/N-ethyl adjacent to an activating group) is 1. The number of nitrogens with zero attached hydrogens (tertiary/aromatic N) is 5. The number of hydrogen-bond donors (Lipinski definition) is 0. The van der Waals surface area contributed by atoms with Crippen molar-refractivity contribution in [1.29, 1.82) is 0 Å². The molecule has 2 aromatic carbocycles. The lowest BCUT2D eigenvalue weighted by atomic mass is 10.1. The largest absolute Gasteiger partial charge is 0.354 e. The summed E-state index contributed by atoms with van der Waals surface area (Å²) < 4.78 is 2.23. The first kappa shape index (κ1) is 24.5. The van der Waals surface area contributed by atoms with Gasteiger partial charge in [-0.15, -0.1) is 0 Å². The Morgan fingerprint density at radius 3 is 2.38 bits per heavy atom. The van der Waals surface area contributed by atoms with Gasteiger partial charge in [-0.25, -0.2) is 4.68 Å². The average molecular weight is 460 g/mol. The van der Waals surface area contributed by atoms with Gasteiger partial charge in [-0.2, -0.15) is 5.10 Å². The lowest BCUT2D eigenvalue weighted by molar-refractivity contribution is 0.274. The molecule has 0 unspecified atom stereocenters. The van der Waals surface area contributed by atoms with Crippen LogP contribution < -0.4 is 4.90 Å². The fourth-order valence-electron chi connectivity index (χ4n) is 4.94. The Morgan fingerprint density at radius 1 is 0.941 bits per heavy atom. The van der Waals surface area contributed by atoms with E-state index in [2.05, 4.69) is 102 Å². The van der Waals surface area contributed by atoms with Gasteiger partial charge in [0.05, 0.1) is 11.4 Å². The standard InChI is InChI=1S/C29H41N5/c1-5-28-27(23-32(6-2)17-11-15-25-13-8-7-9-14-25)29(33-20-18-31(4)19-21-33)34(30-28)26-16-10-12-24(3)22-26/h7-10,12-14,16,22H,5-6,11,15,17-21,23H2,1-4H3. The zero-order valence-corrected chi connectivity index (χ0v) is 21.5. The van der Waals surface area contributed by atoms with Gasteiger partial charge < -0.3 is 9.80 Å². The van der Waals surface area contributed by atoms with E-state index >= 15 is 0 Å². The van der Waals surface area contributed by atoms with E-state index in [1.165, 1.54) is 40.3 Å². The molecule has 1 aliphatic heterocycles. The van der Waals surface area contributed by atoms with Crippen molar-refractivity contribution in [3.05, 3.63) is 77.0 Å². The van der Waals surface area contributed by atoms with Gasteiger partial charge >= 0.3 is 0 Å². The van der Waals surface area contributed by atoms with E-state index in [1.54, 1.807) is 0 Å². The average Bonchev–Trinajstić information content (AvgIpc) is 3.22. The molecule has 0 saturated carbocycles. The lowest BCUT2D eigenvalue weighted by Crippen LogP contribution is -2.45. The van der Waals surface area contributed by atoms with Gasteiger partial charge in [-0.3, -0.25) is 4.90 Å². The summed E-state index contributed by atoms with van der Waals surface area (Å²) in [5.74, 6) is 1.30. The Hall–Kier alpha value is -2.63. The van der Waals surface area contributed by atoms with Crippen LogP contribution in [0.5, 0.6) is 0 Å². The fourth-order valence-corrected chi connectivity index (χ4v) is 4.94. The molecule has 1 fully saturated rings.